The summed E-state index contributed by atoms with van der Waals surface area (Å²) in [6, 6.07) is 7.59. The summed E-state index contributed by atoms with van der Waals surface area (Å²) in [7, 11) is 0. The van der Waals surface area contributed by atoms with Crippen LogP contribution in [0.4, 0.5) is 0 Å². The van der Waals surface area contributed by atoms with Gasteiger partial charge in [0.05, 0.1) is 5.92 Å². The minimum absolute atomic E-state index is 0.348. The highest BCUT2D eigenvalue weighted by atomic mass is 35.5. The van der Waals surface area contributed by atoms with Crippen molar-refractivity contribution in [3.63, 3.8) is 0 Å². The summed E-state index contributed by atoms with van der Waals surface area (Å²) in [5.41, 5.74) is 1.04. The third-order valence-electron chi connectivity index (χ3n) is 3.44. The van der Waals surface area contributed by atoms with Crippen molar-refractivity contribution in [2.45, 2.75) is 26.8 Å². The van der Waals surface area contributed by atoms with Gasteiger partial charge < -0.3 is 10.4 Å². The van der Waals surface area contributed by atoms with Crippen molar-refractivity contribution in [2.24, 2.45) is 11.8 Å². The third-order valence-corrected chi connectivity index (χ3v) is 4.74. The van der Waals surface area contributed by atoms with Gasteiger partial charge in [-0.3, -0.25) is 4.79 Å². The van der Waals surface area contributed by atoms with Gasteiger partial charge in [0.1, 0.15) is 5.01 Å². The highest BCUT2D eigenvalue weighted by Crippen LogP contribution is 2.26. The molecule has 23 heavy (non-hydrogen) atoms. The molecule has 0 fully saturated rings. The Morgan fingerprint density at radius 2 is 2.04 bits per heavy atom. The lowest BCUT2D eigenvalue weighted by molar-refractivity contribution is -0.142. The molecule has 2 rings (SSSR count). The molecule has 1 aromatic heterocycles. The maximum Gasteiger partial charge on any atom is 0.307 e. The first-order valence-electron chi connectivity index (χ1n) is 7.60. The Hall–Kier alpha value is -1.43. The Kier molecular flexibility index (Phi) is 6.57. The molecule has 0 radical (unpaired) electrons. The molecule has 0 spiro atoms. The first kappa shape index (κ1) is 17.9. The minimum atomic E-state index is -0.739. The normalized spacial score (nSPS) is 12.5. The highest BCUT2D eigenvalue weighted by Gasteiger charge is 2.18. The molecule has 4 nitrogen and oxygen atoms in total. The molecule has 6 heteroatoms. The van der Waals surface area contributed by atoms with E-state index in [2.05, 4.69) is 10.3 Å². The van der Waals surface area contributed by atoms with Crippen molar-refractivity contribution in [2.75, 3.05) is 6.54 Å². The Balaban J connectivity index is 1.89. The lowest BCUT2D eigenvalue weighted by atomic mass is 9.97. The van der Waals surface area contributed by atoms with Crippen LogP contribution in [-0.4, -0.2) is 22.6 Å². The summed E-state index contributed by atoms with van der Waals surface area (Å²) in [4.78, 5) is 16.7. The van der Waals surface area contributed by atoms with E-state index in [1.807, 2.05) is 44.3 Å². The quantitative estimate of drug-likeness (QED) is 0.743. The molecule has 1 heterocycles. The van der Waals surface area contributed by atoms with E-state index >= 15 is 0 Å². The summed E-state index contributed by atoms with van der Waals surface area (Å²) in [5.74, 6) is -0.714. The third kappa shape index (κ3) is 5.61. The average Bonchev–Trinajstić information content (AvgIpc) is 2.95. The number of carboxylic acid groups (broad SMARTS) is 1. The average molecular weight is 353 g/mol. The number of carboxylic acids is 1. The van der Waals surface area contributed by atoms with E-state index in [-0.39, 0.29) is 5.92 Å². The number of nitrogens with one attached hydrogen (secondary N) is 1. The van der Waals surface area contributed by atoms with Crippen LogP contribution in [0.15, 0.2) is 30.5 Å². The number of rotatable bonds is 8. The second-order valence-corrected chi connectivity index (χ2v) is 7.49. The number of aliphatic carboxylic acids is 1. The monoisotopic (exact) mass is 352 g/mol. The van der Waals surface area contributed by atoms with E-state index in [9.17, 15) is 9.90 Å². The molecular formula is C17H21ClN2O2S. The fourth-order valence-corrected chi connectivity index (χ4v) is 3.34. The van der Waals surface area contributed by atoms with Crippen molar-refractivity contribution < 1.29 is 9.90 Å². The number of carbonyl (C=O) groups is 1. The van der Waals surface area contributed by atoms with Gasteiger partial charge in [-0.05, 0) is 24.5 Å². The van der Waals surface area contributed by atoms with E-state index in [0.29, 0.717) is 30.5 Å². The van der Waals surface area contributed by atoms with Crippen LogP contribution in [0.1, 0.15) is 25.1 Å². The fraction of sp³-hybridized carbons (Fsp3) is 0.412. The maximum atomic E-state index is 11.2. The van der Waals surface area contributed by atoms with E-state index < -0.39 is 5.97 Å². The molecule has 1 aromatic carbocycles. The van der Waals surface area contributed by atoms with E-state index in [4.69, 9.17) is 11.6 Å². The van der Waals surface area contributed by atoms with Gasteiger partial charge in [-0.25, -0.2) is 4.98 Å². The van der Waals surface area contributed by atoms with Crippen molar-refractivity contribution in [3.8, 4) is 10.6 Å². The first-order valence-corrected chi connectivity index (χ1v) is 8.79. The van der Waals surface area contributed by atoms with Crippen LogP contribution < -0.4 is 5.32 Å². The lowest BCUT2D eigenvalue weighted by Crippen LogP contribution is -2.29. The van der Waals surface area contributed by atoms with Gasteiger partial charge in [-0.15, -0.1) is 11.3 Å². The SMILES string of the molecule is CC(C)CC(CNCc1cnc(-c2ccc(Cl)cc2)s1)C(=O)O. The van der Waals surface area contributed by atoms with E-state index in [1.165, 1.54) is 0 Å². The smallest absolute Gasteiger partial charge is 0.307 e. The van der Waals surface area contributed by atoms with Crippen LogP contribution in [0, 0.1) is 11.8 Å². The number of hydrogen-bond donors (Lipinski definition) is 2. The van der Waals surface area contributed by atoms with Crippen LogP contribution in [0.2, 0.25) is 5.02 Å². The minimum Gasteiger partial charge on any atom is -0.481 e. The number of nitrogens with zero attached hydrogens (tertiary/aromatic N) is 1. The van der Waals surface area contributed by atoms with E-state index in [1.54, 1.807) is 11.3 Å². The van der Waals surface area contributed by atoms with Gasteiger partial charge in [0.25, 0.3) is 0 Å². The van der Waals surface area contributed by atoms with Gasteiger partial charge in [0.15, 0.2) is 0 Å². The fourth-order valence-electron chi connectivity index (χ4n) is 2.33. The van der Waals surface area contributed by atoms with Crippen molar-refractivity contribution in [1.29, 1.82) is 0 Å². The predicted octanol–water partition coefficient (Wildman–Crippen LogP) is 4.30. The van der Waals surface area contributed by atoms with Gasteiger partial charge in [-0.1, -0.05) is 37.6 Å². The Morgan fingerprint density at radius 1 is 1.35 bits per heavy atom. The molecular weight excluding hydrogens is 332 g/mol. The van der Waals surface area contributed by atoms with Gasteiger partial charge >= 0.3 is 5.97 Å². The molecule has 1 unspecified atom stereocenters. The zero-order valence-corrected chi connectivity index (χ0v) is 14.8. The van der Waals surface area contributed by atoms with Crippen LogP contribution in [0.25, 0.3) is 10.6 Å². The molecule has 0 bridgehead atoms. The summed E-state index contributed by atoms with van der Waals surface area (Å²) < 4.78 is 0. The lowest BCUT2D eigenvalue weighted by Gasteiger charge is -2.14. The summed E-state index contributed by atoms with van der Waals surface area (Å²) in [5, 5.41) is 14.1. The van der Waals surface area contributed by atoms with Crippen molar-refractivity contribution >= 4 is 28.9 Å². The zero-order valence-electron chi connectivity index (χ0n) is 13.3. The maximum absolute atomic E-state index is 11.2. The predicted molar refractivity (Wildman–Crippen MR) is 94.8 cm³/mol. The molecule has 2 N–H and O–H groups in total. The molecule has 0 aliphatic heterocycles. The Morgan fingerprint density at radius 3 is 2.65 bits per heavy atom. The van der Waals surface area contributed by atoms with Crippen molar-refractivity contribution in [3.05, 3.63) is 40.4 Å². The van der Waals surface area contributed by atoms with Crippen LogP contribution in [0.3, 0.4) is 0 Å². The number of thiazole rings is 1. The van der Waals surface area contributed by atoms with E-state index in [0.717, 1.165) is 15.4 Å². The van der Waals surface area contributed by atoms with Crippen LogP contribution >= 0.6 is 22.9 Å². The van der Waals surface area contributed by atoms with Gasteiger partial charge in [-0.2, -0.15) is 0 Å². The first-order chi connectivity index (χ1) is 11.0. The Labute approximate surface area is 145 Å². The molecule has 2 aromatic rings. The summed E-state index contributed by atoms with van der Waals surface area (Å²) in [6.45, 7) is 5.18. The largest absolute Gasteiger partial charge is 0.481 e. The summed E-state index contributed by atoms with van der Waals surface area (Å²) in [6.07, 6.45) is 2.51. The Bertz CT molecular complexity index is 640. The second-order valence-electron chi connectivity index (χ2n) is 5.93. The molecule has 0 saturated heterocycles. The van der Waals surface area contributed by atoms with Crippen molar-refractivity contribution in [1.82, 2.24) is 10.3 Å². The zero-order chi connectivity index (χ0) is 16.8. The number of halogens is 1. The molecule has 124 valence electrons. The molecule has 0 aliphatic rings. The summed E-state index contributed by atoms with van der Waals surface area (Å²) >= 11 is 7.49. The molecule has 0 amide bonds. The number of benzene rings is 1. The highest BCUT2D eigenvalue weighted by molar-refractivity contribution is 7.15. The topological polar surface area (TPSA) is 62.2 Å². The van der Waals surface area contributed by atoms with Crippen LogP contribution in [-0.2, 0) is 11.3 Å². The van der Waals surface area contributed by atoms with Gasteiger partial charge in [0.2, 0.25) is 0 Å². The molecule has 0 saturated carbocycles. The number of aromatic nitrogens is 1. The second kappa shape index (κ2) is 8.43. The van der Waals surface area contributed by atoms with Crippen LogP contribution in [0.5, 0.6) is 0 Å². The number of hydrogen-bond acceptors (Lipinski definition) is 4. The molecule has 0 aliphatic carbocycles. The standard InChI is InChI=1S/C17H21ClN2O2S/c1-11(2)7-13(17(21)22)8-19-9-15-10-20-16(23-15)12-3-5-14(18)6-4-12/h3-6,10-11,13,19H,7-9H2,1-2H3,(H,21,22). The molecule has 1 atom stereocenters. The van der Waals surface area contributed by atoms with Gasteiger partial charge in [0, 0.05) is 34.7 Å².